The number of hydrogen-bond donors (Lipinski definition) is 1. The number of anilines is 1. The lowest BCUT2D eigenvalue weighted by atomic mass is 10.1. The first-order valence-corrected chi connectivity index (χ1v) is 9.39. The first-order valence-electron chi connectivity index (χ1n) is 9.01. The number of nitrogens with one attached hydrogen (secondary N) is 1. The smallest absolute Gasteiger partial charge is 0.312 e. The number of benzene rings is 1. The number of carbonyl (C=O) groups is 3. The van der Waals surface area contributed by atoms with Crippen LogP contribution in [0.3, 0.4) is 0 Å². The molecule has 0 spiro atoms. The topological polar surface area (TPSA) is 75.7 Å². The fourth-order valence-electron chi connectivity index (χ4n) is 3.58. The monoisotopic (exact) mass is 378 g/mol. The Balaban J connectivity index is 1.53. The Morgan fingerprint density at radius 2 is 1.96 bits per heavy atom. The molecule has 26 heavy (non-hydrogen) atoms. The van der Waals surface area contributed by atoms with Gasteiger partial charge in [0.1, 0.15) is 0 Å². The van der Waals surface area contributed by atoms with Crippen LogP contribution < -0.4 is 5.32 Å². The van der Waals surface area contributed by atoms with Gasteiger partial charge in [0.2, 0.25) is 5.91 Å². The number of halogens is 1. The standard InChI is InChI=1S/C19H23ClN2O4/c1-12(18(24)21-16-9-5-4-8-15(16)20)26-19(25)13-10-17(23)22(11-13)14-6-2-3-7-14/h4-5,8-9,12-14H,2-3,6-7,10-11H2,1H3,(H,21,24)/t12-,13-/m1/s1. The maximum Gasteiger partial charge on any atom is 0.312 e. The van der Waals surface area contributed by atoms with Gasteiger partial charge in [-0.15, -0.1) is 0 Å². The van der Waals surface area contributed by atoms with Crippen molar-refractivity contribution in [2.24, 2.45) is 5.92 Å². The van der Waals surface area contributed by atoms with Gasteiger partial charge < -0.3 is 15.0 Å². The SMILES string of the molecule is C[C@@H](OC(=O)[C@@H]1CC(=O)N(C2CCCC2)C1)C(=O)Nc1ccccc1Cl. The zero-order chi connectivity index (χ0) is 18.7. The number of nitrogens with zero attached hydrogens (tertiary/aromatic N) is 1. The molecular weight excluding hydrogens is 356 g/mol. The highest BCUT2D eigenvalue weighted by molar-refractivity contribution is 6.33. The van der Waals surface area contributed by atoms with Crippen LogP contribution >= 0.6 is 11.6 Å². The van der Waals surface area contributed by atoms with E-state index in [0.717, 1.165) is 25.7 Å². The molecule has 6 nitrogen and oxygen atoms in total. The molecule has 2 aliphatic rings. The normalized spacial score (nSPS) is 21.7. The summed E-state index contributed by atoms with van der Waals surface area (Å²) in [5.74, 6) is -1.45. The summed E-state index contributed by atoms with van der Waals surface area (Å²) in [6.45, 7) is 1.90. The van der Waals surface area contributed by atoms with Gasteiger partial charge in [0, 0.05) is 19.0 Å². The number of likely N-dealkylation sites (tertiary alicyclic amines) is 1. The van der Waals surface area contributed by atoms with Crippen LogP contribution in [0.4, 0.5) is 5.69 Å². The zero-order valence-corrected chi connectivity index (χ0v) is 15.5. The van der Waals surface area contributed by atoms with Crippen molar-refractivity contribution >= 4 is 35.1 Å². The second-order valence-corrected chi connectivity index (χ2v) is 7.34. The van der Waals surface area contributed by atoms with Crippen LogP contribution in [-0.4, -0.2) is 41.4 Å². The van der Waals surface area contributed by atoms with Crippen LogP contribution in [-0.2, 0) is 19.1 Å². The van der Waals surface area contributed by atoms with Crippen LogP contribution in [0, 0.1) is 5.92 Å². The number of carbonyl (C=O) groups excluding carboxylic acids is 3. The number of hydrogen-bond acceptors (Lipinski definition) is 4. The van der Waals surface area contributed by atoms with E-state index in [-0.39, 0.29) is 18.4 Å². The summed E-state index contributed by atoms with van der Waals surface area (Å²) in [6, 6.07) is 7.09. The molecule has 0 aromatic heterocycles. The molecule has 7 heteroatoms. The average Bonchev–Trinajstić information content (AvgIpc) is 3.26. The van der Waals surface area contributed by atoms with Crippen molar-refractivity contribution in [3.63, 3.8) is 0 Å². The highest BCUT2D eigenvalue weighted by Crippen LogP contribution is 2.30. The fourth-order valence-corrected chi connectivity index (χ4v) is 3.76. The van der Waals surface area contributed by atoms with E-state index in [1.807, 2.05) is 4.90 Å². The predicted molar refractivity (Wildman–Crippen MR) is 97.7 cm³/mol. The molecule has 3 rings (SSSR count). The number of esters is 1. The number of ether oxygens (including phenoxy) is 1. The van der Waals surface area contributed by atoms with Gasteiger partial charge in [0.25, 0.3) is 5.91 Å². The third kappa shape index (κ3) is 4.18. The molecule has 1 N–H and O–H groups in total. The zero-order valence-electron chi connectivity index (χ0n) is 14.7. The second kappa shape index (κ2) is 8.08. The summed E-state index contributed by atoms with van der Waals surface area (Å²) in [6.07, 6.45) is 3.46. The van der Waals surface area contributed by atoms with Crippen LogP contribution in [0.5, 0.6) is 0 Å². The molecule has 1 aliphatic heterocycles. The third-order valence-corrected chi connectivity index (χ3v) is 5.38. The minimum atomic E-state index is -0.964. The van der Waals surface area contributed by atoms with Crippen molar-refractivity contribution in [2.45, 2.75) is 51.2 Å². The van der Waals surface area contributed by atoms with Crippen LogP contribution in [0.25, 0.3) is 0 Å². The van der Waals surface area contributed by atoms with Crippen LogP contribution in [0.15, 0.2) is 24.3 Å². The molecule has 0 radical (unpaired) electrons. The summed E-state index contributed by atoms with van der Waals surface area (Å²) in [5, 5.41) is 3.05. The van der Waals surface area contributed by atoms with E-state index in [4.69, 9.17) is 16.3 Å². The van der Waals surface area contributed by atoms with Gasteiger partial charge in [0.05, 0.1) is 16.6 Å². The molecule has 0 unspecified atom stereocenters. The lowest BCUT2D eigenvalue weighted by Crippen LogP contribution is -2.36. The highest BCUT2D eigenvalue weighted by atomic mass is 35.5. The number of amides is 2. The first-order chi connectivity index (χ1) is 12.5. The quantitative estimate of drug-likeness (QED) is 0.799. The maximum absolute atomic E-state index is 12.4. The molecule has 1 aromatic rings. The van der Waals surface area contributed by atoms with Crippen molar-refractivity contribution in [2.75, 3.05) is 11.9 Å². The van der Waals surface area contributed by atoms with Gasteiger partial charge in [-0.3, -0.25) is 14.4 Å². The number of rotatable bonds is 5. The average molecular weight is 379 g/mol. The highest BCUT2D eigenvalue weighted by Gasteiger charge is 2.40. The Labute approximate surface area is 157 Å². The third-order valence-electron chi connectivity index (χ3n) is 5.05. The molecule has 140 valence electrons. The maximum atomic E-state index is 12.4. The summed E-state index contributed by atoms with van der Waals surface area (Å²) in [5.41, 5.74) is 0.463. The van der Waals surface area contributed by atoms with Gasteiger partial charge in [-0.1, -0.05) is 36.6 Å². The van der Waals surface area contributed by atoms with Crippen molar-refractivity contribution < 1.29 is 19.1 Å². The summed E-state index contributed by atoms with van der Waals surface area (Å²) in [4.78, 5) is 38.6. The van der Waals surface area contributed by atoms with Crippen molar-refractivity contribution in [3.05, 3.63) is 29.3 Å². The van der Waals surface area contributed by atoms with E-state index in [1.54, 1.807) is 24.3 Å². The molecule has 2 amide bonds. The van der Waals surface area contributed by atoms with Gasteiger partial charge in [-0.05, 0) is 31.9 Å². The van der Waals surface area contributed by atoms with E-state index in [0.29, 0.717) is 17.3 Å². The second-order valence-electron chi connectivity index (χ2n) is 6.93. The Kier molecular flexibility index (Phi) is 5.81. The first kappa shape index (κ1) is 18.7. The summed E-state index contributed by atoms with van der Waals surface area (Å²) >= 11 is 6.01. The molecular formula is C19H23ClN2O4. The molecule has 1 heterocycles. The lowest BCUT2D eigenvalue weighted by Gasteiger charge is -2.24. The van der Waals surface area contributed by atoms with Crippen LogP contribution in [0.1, 0.15) is 39.0 Å². The van der Waals surface area contributed by atoms with Gasteiger partial charge in [0.15, 0.2) is 6.10 Å². The van der Waals surface area contributed by atoms with E-state index < -0.39 is 23.9 Å². The Hall–Kier alpha value is -2.08. The minimum absolute atomic E-state index is 0.00650. The largest absolute Gasteiger partial charge is 0.452 e. The number of para-hydroxylation sites is 1. The predicted octanol–water partition coefficient (Wildman–Crippen LogP) is 3.00. The van der Waals surface area contributed by atoms with E-state index in [1.165, 1.54) is 6.92 Å². The Morgan fingerprint density at radius 1 is 1.27 bits per heavy atom. The van der Waals surface area contributed by atoms with Crippen molar-refractivity contribution in [1.82, 2.24) is 4.90 Å². The summed E-state index contributed by atoms with van der Waals surface area (Å²) in [7, 11) is 0. The van der Waals surface area contributed by atoms with Crippen molar-refractivity contribution in [3.8, 4) is 0 Å². The molecule has 1 saturated carbocycles. The van der Waals surface area contributed by atoms with Gasteiger partial charge in [-0.2, -0.15) is 0 Å². The van der Waals surface area contributed by atoms with Crippen molar-refractivity contribution in [1.29, 1.82) is 0 Å². The lowest BCUT2D eigenvalue weighted by molar-refractivity contribution is -0.157. The molecule has 2 fully saturated rings. The van der Waals surface area contributed by atoms with Crippen LogP contribution in [0.2, 0.25) is 5.02 Å². The van der Waals surface area contributed by atoms with Gasteiger partial charge >= 0.3 is 5.97 Å². The molecule has 0 bridgehead atoms. The molecule has 2 atom stereocenters. The summed E-state index contributed by atoms with van der Waals surface area (Å²) < 4.78 is 5.29. The Bertz CT molecular complexity index is 703. The van der Waals surface area contributed by atoms with E-state index in [2.05, 4.69) is 5.32 Å². The minimum Gasteiger partial charge on any atom is -0.452 e. The van der Waals surface area contributed by atoms with Gasteiger partial charge in [-0.25, -0.2) is 0 Å². The molecule has 1 aromatic carbocycles. The van der Waals surface area contributed by atoms with E-state index >= 15 is 0 Å². The van der Waals surface area contributed by atoms with E-state index in [9.17, 15) is 14.4 Å². The molecule has 1 aliphatic carbocycles. The fraction of sp³-hybridized carbons (Fsp3) is 0.526. The molecule has 1 saturated heterocycles. The Morgan fingerprint density at radius 3 is 2.65 bits per heavy atom.